The van der Waals surface area contributed by atoms with E-state index >= 15 is 0 Å². The Kier molecular flexibility index (Phi) is 4.79. The van der Waals surface area contributed by atoms with E-state index in [9.17, 15) is 4.79 Å². The fourth-order valence-electron chi connectivity index (χ4n) is 3.37. The summed E-state index contributed by atoms with van der Waals surface area (Å²) in [6, 6.07) is 11.6. The summed E-state index contributed by atoms with van der Waals surface area (Å²) in [5, 5.41) is 7.39. The van der Waals surface area contributed by atoms with Gasteiger partial charge in [0.2, 0.25) is 0 Å². The number of amides is 1. The number of hydrogen-bond donors (Lipinski definition) is 1. The van der Waals surface area contributed by atoms with Crippen molar-refractivity contribution in [3.05, 3.63) is 72.2 Å². The molecule has 0 fully saturated rings. The molecule has 7 nitrogen and oxygen atoms in total. The first-order valence-electron chi connectivity index (χ1n) is 8.76. The first-order valence-corrected chi connectivity index (χ1v) is 8.76. The molecule has 0 bridgehead atoms. The molecule has 26 heavy (non-hydrogen) atoms. The second kappa shape index (κ2) is 7.53. The normalized spacial score (nSPS) is 17.0. The number of aromatic nitrogens is 3. The Hall–Kier alpha value is -2.93. The van der Waals surface area contributed by atoms with Gasteiger partial charge in [0.25, 0.3) is 5.91 Å². The summed E-state index contributed by atoms with van der Waals surface area (Å²) < 4.78 is 7.20. The fourth-order valence-corrected chi connectivity index (χ4v) is 3.37. The minimum Gasteiger partial charge on any atom is -0.459 e. The Bertz CT molecular complexity index is 844. The lowest BCUT2D eigenvalue weighted by Gasteiger charge is -2.33. The van der Waals surface area contributed by atoms with Gasteiger partial charge >= 0.3 is 0 Å². The van der Waals surface area contributed by atoms with Crippen LogP contribution in [0.15, 0.2) is 59.5 Å². The molecular weight excluding hydrogens is 330 g/mol. The summed E-state index contributed by atoms with van der Waals surface area (Å²) in [5.41, 5.74) is 2.25. The lowest BCUT2D eigenvalue weighted by atomic mass is 10.1. The highest BCUT2D eigenvalue weighted by molar-refractivity contribution is 5.91. The molecule has 1 aliphatic rings. The highest BCUT2D eigenvalue weighted by Crippen LogP contribution is 2.23. The van der Waals surface area contributed by atoms with Gasteiger partial charge in [-0.15, -0.1) is 0 Å². The van der Waals surface area contributed by atoms with E-state index in [1.54, 1.807) is 12.1 Å². The summed E-state index contributed by atoms with van der Waals surface area (Å²) in [5.74, 6) is 0.155. The van der Waals surface area contributed by atoms with Crippen molar-refractivity contribution in [3.63, 3.8) is 0 Å². The van der Waals surface area contributed by atoms with E-state index in [0.29, 0.717) is 12.3 Å². The molecule has 1 N–H and O–H groups in total. The van der Waals surface area contributed by atoms with Gasteiger partial charge in [0.15, 0.2) is 5.76 Å². The largest absolute Gasteiger partial charge is 0.459 e. The van der Waals surface area contributed by atoms with Gasteiger partial charge in [-0.2, -0.15) is 5.10 Å². The molecule has 0 aliphatic carbocycles. The molecule has 0 saturated carbocycles. The minimum absolute atomic E-state index is 0.183. The zero-order valence-electron chi connectivity index (χ0n) is 14.4. The lowest BCUT2D eigenvalue weighted by Crippen LogP contribution is -2.39. The van der Waals surface area contributed by atoms with Crippen molar-refractivity contribution in [3.8, 4) is 0 Å². The quantitative estimate of drug-likeness (QED) is 0.737. The number of carbonyl (C=O) groups excluding carboxylic acids is 1. The molecule has 1 amide bonds. The predicted molar refractivity (Wildman–Crippen MR) is 95.3 cm³/mol. The van der Waals surface area contributed by atoms with Gasteiger partial charge in [-0.1, -0.05) is 6.07 Å². The zero-order valence-corrected chi connectivity index (χ0v) is 14.4. The van der Waals surface area contributed by atoms with E-state index in [1.165, 1.54) is 12.0 Å². The van der Waals surface area contributed by atoms with Crippen LogP contribution < -0.4 is 5.32 Å². The first kappa shape index (κ1) is 16.5. The molecule has 0 aromatic carbocycles. The van der Waals surface area contributed by atoms with Crippen molar-refractivity contribution in [2.75, 3.05) is 13.1 Å². The molecule has 1 atom stereocenters. The second-order valence-electron chi connectivity index (χ2n) is 6.43. The highest BCUT2D eigenvalue weighted by Gasteiger charge is 2.25. The molecule has 4 heterocycles. The predicted octanol–water partition coefficient (Wildman–Crippen LogP) is 2.25. The monoisotopic (exact) mass is 351 g/mol. The molecule has 1 aliphatic heterocycles. The zero-order chi connectivity index (χ0) is 17.8. The Morgan fingerprint density at radius 3 is 3.00 bits per heavy atom. The van der Waals surface area contributed by atoms with Gasteiger partial charge < -0.3 is 9.73 Å². The third kappa shape index (κ3) is 3.67. The Balaban J connectivity index is 1.38. The summed E-state index contributed by atoms with van der Waals surface area (Å²) in [6.07, 6.45) is 5.97. The van der Waals surface area contributed by atoms with Crippen molar-refractivity contribution < 1.29 is 9.21 Å². The maximum atomic E-state index is 12.0. The van der Waals surface area contributed by atoms with E-state index in [0.717, 1.165) is 31.7 Å². The number of hydrogen-bond acceptors (Lipinski definition) is 5. The van der Waals surface area contributed by atoms with E-state index in [2.05, 4.69) is 31.0 Å². The van der Waals surface area contributed by atoms with Crippen LogP contribution in [0.5, 0.6) is 0 Å². The Morgan fingerprint density at radius 1 is 1.23 bits per heavy atom. The van der Waals surface area contributed by atoms with Crippen LogP contribution in [0, 0.1) is 0 Å². The van der Waals surface area contributed by atoms with Crippen LogP contribution in [-0.4, -0.2) is 38.7 Å². The number of carbonyl (C=O) groups is 1. The van der Waals surface area contributed by atoms with Crippen LogP contribution in [-0.2, 0) is 13.1 Å². The number of furan rings is 1. The third-order valence-electron chi connectivity index (χ3n) is 4.57. The van der Waals surface area contributed by atoms with Crippen LogP contribution >= 0.6 is 0 Å². The van der Waals surface area contributed by atoms with E-state index < -0.39 is 0 Å². The number of nitrogens with zero attached hydrogens (tertiary/aromatic N) is 4. The second-order valence-corrected chi connectivity index (χ2v) is 6.43. The van der Waals surface area contributed by atoms with Crippen molar-refractivity contribution in [2.45, 2.75) is 25.6 Å². The number of rotatable bonds is 6. The Morgan fingerprint density at radius 2 is 2.19 bits per heavy atom. The van der Waals surface area contributed by atoms with Crippen molar-refractivity contribution in [1.29, 1.82) is 0 Å². The number of nitrogens with one attached hydrogen (secondary N) is 1. The van der Waals surface area contributed by atoms with Crippen LogP contribution in [0.3, 0.4) is 0 Å². The molecule has 0 radical (unpaired) electrons. The molecule has 134 valence electrons. The van der Waals surface area contributed by atoms with Gasteiger partial charge in [0.05, 0.1) is 23.7 Å². The van der Waals surface area contributed by atoms with Gasteiger partial charge in [-0.3, -0.25) is 19.4 Å². The van der Waals surface area contributed by atoms with E-state index in [4.69, 9.17) is 4.42 Å². The molecule has 7 heteroatoms. The van der Waals surface area contributed by atoms with E-state index in [1.807, 2.05) is 30.6 Å². The fraction of sp³-hybridized carbons (Fsp3) is 0.316. The molecule has 4 rings (SSSR count). The van der Waals surface area contributed by atoms with Gasteiger partial charge in [-0.05, 0) is 36.8 Å². The van der Waals surface area contributed by atoms with Crippen LogP contribution in [0.2, 0.25) is 0 Å². The average molecular weight is 351 g/mol. The van der Waals surface area contributed by atoms with Gasteiger partial charge in [0, 0.05) is 38.6 Å². The minimum atomic E-state index is -0.183. The molecular formula is C19H21N5O2. The standard InChI is InChI=1S/C19H21N5O2/c25-19(18-5-3-11-26-18)21-9-6-16-13-23(12-15-4-1-2-8-20-15)14-17-7-10-22-24(16)17/h1-5,7-8,10-11,16H,6,9,12-14H2,(H,21,25)/t16-/m1/s1. The molecule has 3 aromatic heterocycles. The van der Waals surface area contributed by atoms with Crippen LogP contribution in [0.25, 0.3) is 0 Å². The van der Waals surface area contributed by atoms with Crippen molar-refractivity contribution in [1.82, 2.24) is 25.0 Å². The average Bonchev–Trinajstić information content (AvgIpc) is 3.34. The molecule has 0 saturated heterocycles. The maximum Gasteiger partial charge on any atom is 0.286 e. The van der Waals surface area contributed by atoms with E-state index in [-0.39, 0.29) is 11.9 Å². The third-order valence-corrected chi connectivity index (χ3v) is 4.57. The van der Waals surface area contributed by atoms with Gasteiger partial charge in [-0.25, -0.2) is 0 Å². The highest BCUT2D eigenvalue weighted by atomic mass is 16.3. The first-order chi connectivity index (χ1) is 12.8. The summed E-state index contributed by atoms with van der Waals surface area (Å²) in [7, 11) is 0. The summed E-state index contributed by atoms with van der Waals surface area (Å²) in [4.78, 5) is 18.8. The number of pyridine rings is 1. The molecule has 0 unspecified atom stereocenters. The number of fused-ring (bicyclic) bond motifs is 1. The summed E-state index contributed by atoms with van der Waals surface area (Å²) >= 11 is 0. The van der Waals surface area contributed by atoms with Crippen LogP contribution in [0.4, 0.5) is 0 Å². The topological polar surface area (TPSA) is 76.2 Å². The Labute approximate surface area is 151 Å². The smallest absolute Gasteiger partial charge is 0.286 e. The SMILES string of the molecule is O=C(NCC[C@@H]1CN(Cc2ccccn2)Cc2ccnn21)c1ccco1. The van der Waals surface area contributed by atoms with Crippen LogP contribution in [0.1, 0.15) is 34.4 Å². The van der Waals surface area contributed by atoms with Crippen molar-refractivity contribution in [2.24, 2.45) is 0 Å². The van der Waals surface area contributed by atoms with Crippen molar-refractivity contribution >= 4 is 5.91 Å². The molecule has 0 spiro atoms. The maximum absolute atomic E-state index is 12.0. The lowest BCUT2D eigenvalue weighted by molar-refractivity contribution is 0.0919. The van der Waals surface area contributed by atoms with Gasteiger partial charge in [0.1, 0.15) is 0 Å². The summed E-state index contributed by atoms with van der Waals surface area (Å²) in [6.45, 7) is 3.11. The molecule has 3 aromatic rings.